The number of carbonyl (C=O) groups is 2. The Hall–Kier alpha value is -1.98. The molecule has 19 heavy (non-hydrogen) atoms. The van der Waals surface area contributed by atoms with Gasteiger partial charge in [0.2, 0.25) is 5.91 Å². The average molecular weight is 269 g/mol. The summed E-state index contributed by atoms with van der Waals surface area (Å²) in [7, 11) is 0. The van der Waals surface area contributed by atoms with Gasteiger partial charge in [-0.2, -0.15) is 0 Å². The third-order valence-electron chi connectivity index (χ3n) is 3.34. The maximum Gasteiger partial charge on any atom is 0.306 e. The van der Waals surface area contributed by atoms with Crippen molar-refractivity contribution in [3.05, 3.63) is 29.8 Å². The second-order valence-corrected chi connectivity index (χ2v) is 4.66. The number of carboxylic acid groups (broad SMARTS) is 1. The summed E-state index contributed by atoms with van der Waals surface area (Å²) >= 11 is 0. The van der Waals surface area contributed by atoms with Gasteiger partial charge in [0.15, 0.2) is 0 Å². The molecule has 102 valence electrons. The van der Waals surface area contributed by atoms with Crippen LogP contribution in [0.5, 0.6) is 0 Å². The molecule has 2 rings (SSSR count). The van der Waals surface area contributed by atoms with Gasteiger partial charge >= 0.3 is 5.97 Å². The van der Waals surface area contributed by atoms with Crippen molar-refractivity contribution in [2.24, 2.45) is 11.8 Å². The van der Waals surface area contributed by atoms with Crippen molar-refractivity contribution in [3.63, 3.8) is 0 Å². The van der Waals surface area contributed by atoms with E-state index in [0.717, 1.165) is 18.2 Å². The van der Waals surface area contributed by atoms with Crippen LogP contribution in [0.4, 0.5) is 14.5 Å². The smallest absolute Gasteiger partial charge is 0.306 e. The van der Waals surface area contributed by atoms with Crippen LogP contribution in [-0.2, 0) is 9.59 Å². The second kappa shape index (κ2) is 5.34. The highest BCUT2D eigenvalue weighted by Crippen LogP contribution is 2.32. The van der Waals surface area contributed by atoms with Gasteiger partial charge in [0, 0.05) is 12.0 Å². The lowest BCUT2D eigenvalue weighted by molar-refractivity contribution is -0.141. The number of carbonyl (C=O) groups excluding carboxylic acids is 1. The quantitative estimate of drug-likeness (QED) is 0.885. The standard InChI is InChI=1S/C13H13F2NO3/c14-9-3-4-10(15)11(6-9)16-12(17)7-1-2-8(5-7)13(18)19/h3-4,6-8H,1-2,5H2,(H,16,17)(H,18,19). The molecule has 0 bridgehead atoms. The molecule has 1 aromatic carbocycles. The molecule has 0 radical (unpaired) electrons. The number of rotatable bonds is 3. The predicted octanol–water partition coefficient (Wildman–Crippen LogP) is 2.40. The first kappa shape index (κ1) is 13.5. The van der Waals surface area contributed by atoms with Crippen LogP contribution in [-0.4, -0.2) is 17.0 Å². The summed E-state index contributed by atoms with van der Waals surface area (Å²) in [6.45, 7) is 0. The lowest BCUT2D eigenvalue weighted by Crippen LogP contribution is -2.22. The molecule has 1 amide bonds. The van der Waals surface area contributed by atoms with E-state index in [1.54, 1.807) is 0 Å². The Balaban J connectivity index is 2.02. The predicted molar refractivity (Wildman–Crippen MR) is 63.5 cm³/mol. The summed E-state index contributed by atoms with van der Waals surface area (Å²) < 4.78 is 26.3. The topological polar surface area (TPSA) is 66.4 Å². The molecule has 2 atom stereocenters. The molecule has 4 nitrogen and oxygen atoms in total. The molecule has 1 aliphatic carbocycles. The number of anilines is 1. The maximum absolute atomic E-state index is 13.3. The highest BCUT2D eigenvalue weighted by Gasteiger charge is 2.34. The molecule has 0 aromatic heterocycles. The Morgan fingerprint density at radius 2 is 1.89 bits per heavy atom. The average Bonchev–Trinajstić information content (AvgIpc) is 2.83. The number of aliphatic carboxylic acids is 1. The molecule has 0 heterocycles. The van der Waals surface area contributed by atoms with E-state index < -0.39 is 35.3 Å². The third kappa shape index (κ3) is 3.07. The lowest BCUT2D eigenvalue weighted by atomic mass is 10.0. The number of amides is 1. The maximum atomic E-state index is 13.3. The van der Waals surface area contributed by atoms with Crippen LogP contribution in [0.15, 0.2) is 18.2 Å². The van der Waals surface area contributed by atoms with Gasteiger partial charge in [-0.05, 0) is 31.4 Å². The molecular weight excluding hydrogens is 256 g/mol. The van der Waals surface area contributed by atoms with Crippen LogP contribution in [0.2, 0.25) is 0 Å². The van der Waals surface area contributed by atoms with Gasteiger partial charge in [-0.25, -0.2) is 8.78 Å². The van der Waals surface area contributed by atoms with Gasteiger partial charge in [0.1, 0.15) is 11.6 Å². The van der Waals surface area contributed by atoms with Crippen LogP contribution in [0, 0.1) is 23.5 Å². The Labute approximate surface area is 108 Å². The summed E-state index contributed by atoms with van der Waals surface area (Å²) in [4.78, 5) is 22.6. The number of halogens is 2. The molecule has 6 heteroatoms. The van der Waals surface area contributed by atoms with E-state index in [1.165, 1.54) is 0 Å². The van der Waals surface area contributed by atoms with Gasteiger partial charge in [0.05, 0.1) is 11.6 Å². The molecule has 2 N–H and O–H groups in total. The Morgan fingerprint density at radius 1 is 1.21 bits per heavy atom. The van der Waals surface area contributed by atoms with Gasteiger partial charge in [-0.15, -0.1) is 0 Å². The summed E-state index contributed by atoms with van der Waals surface area (Å²) in [6, 6.07) is 2.79. The first-order chi connectivity index (χ1) is 8.97. The number of benzene rings is 1. The molecule has 1 aliphatic rings. The van der Waals surface area contributed by atoms with E-state index in [0.29, 0.717) is 12.8 Å². The normalized spacial score (nSPS) is 22.2. The summed E-state index contributed by atoms with van der Waals surface area (Å²) in [5.41, 5.74) is -0.219. The lowest BCUT2D eigenvalue weighted by Gasteiger charge is -2.11. The summed E-state index contributed by atoms with van der Waals surface area (Å²) in [5, 5.41) is 11.1. The third-order valence-corrected chi connectivity index (χ3v) is 3.34. The van der Waals surface area contributed by atoms with Crippen LogP contribution in [0.3, 0.4) is 0 Å². The highest BCUT2D eigenvalue weighted by atomic mass is 19.1. The van der Waals surface area contributed by atoms with E-state index >= 15 is 0 Å². The largest absolute Gasteiger partial charge is 0.481 e. The minimum Gasteiger partial charge on any atom is -0.481 e. The fourth-order valence-electron chi connectivity index (χ4n) is 2.27. The first-order valence-corrected chi connectivity index (χ1v) is 5.96. The zero-order chi connectivity index (χ0) is 14.0. The van der Waals surface area contributed by atoms with E-state index in [-0.39, 0.29) is 12.1 Å². The van der Waals surface area contributed by atoms with E-state index in [2.05, 4.69) is 5.32 Å². The van der Waals surface area contributed by atoms with Crippen molar-refractivity contribution >= 4 is 17.6 Å². The van der Waals surface area contributed by atoms with Crippen LogP contribution >= 0.6 is 0 Å². The first-order valence-electron chi connectivity index (χ1n) is 5.96. The molecular formula is C13H13F2NO3. The van der Waals surface area contributed by atoms with Crippen molar-refractivity contribution in [2.45, 2.75) is 19.3 Å². The van der Waals surface area contributed by atoms with Crippen molar-refractivity contribution < 1.29 is 23.5 Å². The Bertz CT molecular complexity index is 519. The molecule has 1 saturated carbocycles. The number of nitrogens with one attached hydrogen (secondary N) is 1. The van der Waals surface area contributed by atoms with E-state index in [1.807, 2.05) is 0 Å². The van der Waals surface area contributed by atoms with Gasteiger partial charge in [-0.3, -0.25) is 9.59 Å². The number of carboxylic acids is 1. The van der Waals surface area contributed by atoms with Crippen molar-refractivity contribution in [1.29, 1.82) is 0 Å². The van der Waals surface area contributed by atoms with Gasteiger partial charge < -0.3 is 10.4 Å². The molecule has 0 aliphatic heterocycles. The van der Waals surface area contributed by atoms with Crippen LogP contribution in [0.1, 0.15) is 19.3 Å². The zero-order valence-corrected chi connectivity index (χ0v) is 10.0. The van der Waals surface area contributed by atoms with Gasteiger partial charge in [-0.1, -0.05) is 0 Å². The van der Waals surface area contributed by atoms with Gasteiger partial charge in [0.25, 0.3) is 0 Å². The van der Waals surface area contributed by atoms with E-state index in [4.69, 9.17) is 5.11 Å². The zero-order valence-electron chi connectivity index (χ0n) is 10.0. The fourth-order valence-corrected chi connectivity index (χ4v) is 2.27. The summed E-state index contributed by atoms with van der Waals surface area (Å²) in [5.74, 6) is -3.76. The monoisotopic (exact) mass is 269 g/mol. The highest BCUT2D eigenvalue weighted by molar-refractivity contribution is 5.93. The Kier molecular flexibility index (Phi) is 3.78. The van der Waals surface area contributed by atoms with Crippen molar-refractivity contribution in [2.75, 3.05) is 5.32 Å². The number of hydrogen-bond acceptors (Lipinski definition) is 2. The van der Waals surface area contributed by atoms with Crippen molar-refractivity contribution in [3.8, 4) is 0 Å². The Morgan fingerprint density at radius 3 is 2.53 bits per heavy atom. The molecule has 1 fully saturated rings. The molecule has 2 unspecified atom stereocenters. The minimum absolute atomic E-state index is 0.219. The molecule has 0 spiro atoms. The van der Waals surface area contributed by atoms with Crippen LogP contribution < -0.4 is 5.32 Å². The molecule has 1 aromatic rings. The van der Waals surface area contributed by atoms with Crippen molar-refractivity contribution in [1.82, 2.24) is 0 Å². The SMILES string of the molecule is O=C(O)C1CCC(C(=O)Nc2cc(F)ccc2F)C1. The minimum atomic E-state index is -0.924. The fraction of sp³-hybridized carbons (Fsp3) is 0.385. The molecule has 0 saturated heterocycles. The number of hydrogen-bond donors (Lipinski definition) is 2. The summed E-state index contributed by atoms with van der Waals surface area (Å²) in [6.07, 6.45) is 1.11. The second-order valence-electron chi connectivity index (χ2n) is 4.66. The van der Waals surface area contributed by atoms with Crippen LogP contribution in [0.25, 0.3) is 0 Å². The van der Waals surface area contributed by atoms with E-state index in [9.17, 15) is 18.4 Å².